The number of hydrogen-bond donors (Lipinski definition) is 1. The Kier molecular flexibility index (Phi) is 5.02. The van der Waals surface area contributed by atoms with Crippen LogP contribution in [0.15, 0.2) is 63.7 Å². The van der Waals surface area contributed by atoms with E-state index in [1.807, 2.05) is 24.3 Å². The quantitative estimate of drug-likeness (QED) is 0.721. The van der Waals surface area contributed by atoms with Crippen LogP contribution in [-0.2, 0) is 14.4 Å². The Morgan fingerprint density at radius 1 is 1.21 bits per heavy atom. The highest BCUT2D eigenvalue weighted by Gasteiger charge is 2.36. The first kappa shape index (κ1) is 19.1. The van der Waals surface area contributed by atoms with Crippen LogP contribution < -0.4 is 10.1 Å². The maximum Gasteiger partial charge on any atom is 0.283 e. The number of carbonyl (C=O) groups excluding carboxylic acids is 3. The maximum atomic E-state index is 12.7. The molecule has 2 aromatic carbocycles. The fourth-order valence-corrected chi connectivity index (χ4v) is 3.32. The van der Waals surface area contributed by atoms with Crippen LogP contribution in [0.2, 0.25) is 0 Å². The molecule has 3 amide bonds. The molecule has 2 heterocycles. The Labute approximate surface area is 175 Å². The Morgan fingerprint density at radius 3 is 2.69 bits per heavy atom. The smallest absolute Gasteiger partial charge is 0.283 e. The van der Waals surface area contributed by atoms with E-state index in [-0.39, 0.29) is 6.42 Å². The summed E-state index contributed by atoms with van der Waals surface area (Å²) in [4.78, 5) is 37.6. The van der Waals surface area contributed by atoms with Crippen LogP contribution in [0.1, 0.15) is 18.9 Å². The molecular formula is C21H16BrN3O4. The molecule has 2 aliphatic rings. The molecule has 1 atom stereocenters. The fourth-order valence-electron chi connectivity index (χ4n) is 3.05. The van der Waals surface area contributed by atoms with Crippen molar-refractivity contribution in [2.24, 2.45) is 5.10 Å². The number of halogens is 1. The standard InChI is InChI=1S/C21H16BrN3O4/c1-12-15(10-13-6-8-14(22)9-7-13)21(28)25(24-12)19(26)11-18-20(27)23-16-4-2-3-5-17(16)29-18/h2-10,18H,11H2,1H3,(H,23,27)/b15-10-. The van der Waals surface area contributed by atoms with Crippen molar-refractivity contribution in [2.75, 3.05) is 5.32 Å². The number of nitrogens with one attached hydrogen (secondary N) is 1. The zero-order valence-electron chi connectivity index (χ0n) is 15.4. The SMILES string of the molecule is CC1=NN(C(=O)CC2Oc3ccccc3NC2=O)C(=O)/C1=C\c1ccc(Br)cc1. The van der Waals surface area contributed by atoms with E-state index in [4.69, 9.17) is 4.74 Å². The van der Waals surface area contributed by atoms with Crippen molar-refractivity contribution < 1.29 is 19.1 Å². The third-order valence-corrected chi connectivity index (χ3v) is 5.08. The predicted molar refractivity (Wildman–Crippen MR) is 111 cm³/mol. The van der Waals surface area contributed by atoms with Crippen LogP contribution in [0, 0.1) is 0 Å². The number of fused-ring (bicyclic) bond motifs is 1. The van der Waals surface area contributed by atoms with Crippen molar-refractivity contribution >= 4 is 51.1 Å². The highest BCUT2D eigenvalue weighted by atomic mass is 79.9. The summed E-state index contributed by atoms with van der Waals surface area (Å²) in [5, 5.41) is 7.59. The van der Waals surface area contributed by atoms with E-state index in [9.17, 15) is 14.4 Å². The second-order valence-electron chi connectivity index (χ2n) is 6.60. The molecule has 0 saturated heterocycles. The van der Waals surface area contributed by atoms with Gasteiger partial charge in [-0.3, -0.25) is 14.4 Å². The maximum absolute atomic E-state index is 12.7. The molecule has 0 spiro atoms. The highest BCUT2D eigenvalue weighted by Crippen LogP contribution is 2.30. The molecule has 0 bridgehead atoms. The van der Waals surface area contributed by atoms with Crippen molar-refractivity contribution in [1.29, 1.82) is 0 Å². The van der Waals surface area contributed by atoms with Crippen molar-refractivity contribution in [3.05, 3.63) is 64.1 Å². The van der Waals surface area contributed by atoms with E-state index in [1.165, 1.54) is 0 Å². The molecule has 29 heavy (non-hydrogen) atoms. The van der Waals surface area contributed by atoms with Crippen molar-refractivity contribution in [2.45, 2.75) is 19.4 Å². The number of benzene rings is 2. The molecule has 146 valence electrons. The predicted octanol–water partition coefficient (Wildman–Crippen LogP) is 3.37. The van der Waals surface area contributed by atoms with Gasteiger partial charge < -0.3 is 10.1 Å². The first-order chi connectivity index (χ1) is 13.9. The summed E-state index contributed by atoms with van der Waals surface area (Å²) in [7, 11) is 0. The molecule has 0 fully saturated rings. The average molecular weight is 454 g/mol. The van der Waals surface area contributed by atoms with E-state index in [0.29, 0.717) is 22.7 Å². The number of anilines is 1. The molecule has 2 aliphatic heterocycles. The monoisotopic (exact) mass is 453 g/mol. The average Bonchev–Trinajstić information content (AvgIpc) is 2.98. The third kappa shape index (κ3) is 3.84. The summed E-state index contributed by atoms with van der Waals surface area (Å²) >= 11 is 3.36. The van der Waals surface area contributed by atoms with Crippen molar-refractivity contribution in [3.63, 3.8) is 0 Å². The van der Waals surface area contributed by atoms with Gasteiger partial charge in [0.25, 0.3) is 17.7 Å². The van der Waals surface area contributed by atoms with Gasteiger partial charge in [0.15, 0.2) is 6.10 Å². The Hall–Kier alpha value is -3.26. The van der Waals surface area contributed by atoms with Gasteiger partial charge in [0.2, 0.25) is 0 Å². The minimum atomic E-state index is -1.03. The second kappa shape index (κ2) is 7.63. The second-order valence-corrected chi connectivity index (χ2v) is 7.52. The molecule has 8 heteroatoms. The van der Waals surface area contributed by atoms with Crippen molar-refractivity contribution in [3.8, 4) is 5.75 Å². The van der Waals surface area contributed by atoms with Crippen LogP contribution in [0.5, 0.6) is 5.75 Å². The van der Waals surface area contributed by atoms with Gasteiger partial charge in [-0.05, 0) is 42.8 Å². The lowest BCUT2D eigenvalue weighted by Crippen LogP contribution is -2.41. The minimum absolute atomic E-state index is 0.297. The molecule has 0 radical (unpaired) electrons. The normalized spacial score (nSPS) is 19.5. The minimum Gasteiger partial charge on any atom is -0.478 e. The number of rotatable bonds is 3. The van der Waals surface area contributed by atoms with Gasteiger partial charge in [0.1, 0.15) is 5.75 Å². The van der Waals surface area contributed by atoms with Crippen LogP contribution in [0.3, 0.4) is 0 Å². The lowest BCUT2D eigenvalue weighted by molar-refractivity contribution is -0.144. The summed E-state index contributed by atoms with van der Waals surface area (Å²) in [6.07, 6.45) is 0.357. The molecule has 4 rings (SSSR count). The molecule has 0 saturated carbocycles. The summed E-state index contributed by atoms with van der Waals surface area (Å²) in [6.45, 7) is 1.66. The number of carbonyl (C=O) groups is 3. The largest absolute Gasteiger partial charge is 0.478 e. The summed E-state index contributed by atoms with van der Waals surface area (Å²) in [5.74, 6) is -1.08. The number of para-hydroxylation sites is 2. The van der Waals surface area contributed by atoms with E-state index in [1.54, 1.807) is 37.3 Å². The van der Waals surface area contributed by atoms with Gasteiger partial charge in [0.05, 0.1) is 23.4 Å². The highest BCUT2D eigenvalue weighted by molar-refractivity contribution is 9.10. The van der Waals surface area contributed by atoms with Gasteiger partial charge >= 0.3 is 0 Å². The number of hydrogen-bond acceptors (Lipinski definition) is 5. The first-order valence-electron chi connectivity index (χ1n) is 8.89. The number of imide groups is 1. The molecule has 0 aromatic heterocycles. The third-order valence-electron chi connectivity index (χ3n) is 4.55. The topological polar surface area (TPSA) is 88.1 Å². The van der Waals surface area contributed by atoms with Gasteiger partial charge in [-0.2, -0.15) is 10.1 Å². The molecule has 2 aromatic rings. The first-order valence-corrected chi connectivity index (χ1v) is 9.68. The lowest BCUT2D eigenvalue weighted by atomic mass is 10.1. The van der Waals surface area contributed by atoms with Crippen LogP contribution >= 0.6 is 15.9 Å². The zero-order valence-corrected chi connectivity index (χ0v) is 17.0. The van der Waals surface area contributed by atoms with Gasteiger partial charge in [0, 0.05) is 4.47 Å². The molecule has 1 unspecified atom stereocenters. The Balaban J connectivity index is 1.49. The van der Waals surface area contributed by atoms with E-state index >= 15 is 0 Å². The fraction of sp³-hybridized carbons (Fsp3) is 0.143. The summed E-state index contributed by atoms with van der Waals surface area (Å²) in [5.41, 5.74) is 2.13. The van der Waals surface area contributed by atoms with Crippen LogP contribution in [-0.4, -0.2) is 34.5 Å². The van der Waals surface area contributed by atoms with E-state index in [0.717, 1.165) is 15.0 Å². The number of ether oxygens (including phenoxy) is 1. The van der Waals surface area contributed by atoms with Crippen LogP contribution in [0.4, 0.5) is 5.69 Å². The van der Waals surface area contributed by atoms with Crippen LogP contribution in [0.25, 0.3) is 6.08 Å². The van der Waals surface area contributed by atoms with Gasteiger partial charge in [-0.25, -0.2) is 0 Å². The molecule has 1 N–H and O–H groups in total. The van der Waals surface area contributed by atoms with Gasteiger partial charge in [-0.15, -0.1) is 0 Å². The van der Waals surface area contributed by atoms with Crippen molar-refractivity contribution in [1.82, 2.24) is 5.01 Å². The van der Waals surface area contributed by atoms with Gasteiger partial charge in [-0.1, -0.05) is 40.2 Å². The Bertz CT molecular complexity index is 1080. The molecular weight excluding hydrogens is 438 g/mol. The Morgan fingerprint density at radius 2 is 1.93 bits per heavy atom. The van der Waals surface area contributed by atoms with E-state index < -0.39 is 23.8 Å². The number of amides is 3. The zero-order chi connectivity index (χ0) is 20.5. The molecule has 7 nitrogen and oxygen atoms in total. The summed E-state index contributed by atoms with van der Waals surface area (Å²) < 4.78 is 6.55. The summed E-state index contributed by atoms with van der Waals surface area (Å²) in [6, 6.07) is 14.4. The number of nitrogens with zero attached hydrogens (tertiary/aromatic N) is 2. The van der Waals surface area contributed by atoms with E-state index in [2.05, 4.69) is 26.3 Å². The number of hydrazone groups is 1. The lowest BCUT2D eigenvalue weighted by Gasteiger charge is -2.25. The molecule has 0 aliphatic carbocycles.